The Kier molecular flexibility index (Phi) is 6.09. The predicted molar refractivity (Wildman–Crippen MR) is 110 cm³/mol. The molecule has 148 valence electrons. The summed E-state index contributed by atoms with van der Waals surface area (Å²) >= 11 is 0. The standard InChI is InChI=1S/C22H21N3O4/c1-15-12-20(16(2)25(15)18-6-4-3-5-7-18)22(28)24-23-13-17-8-10-19(11-9-17)29-14-21(26)27/h3-13H,14H2,1-2H3,(H,24,28)(H,26,27)/b23-13+. The molecule has 2 aromatic carbocycles. The van der Waals surface area contributed by atoms with Gasteiger partial charge in [0.25, 0.3) is 5.91 Å². The third-order valence-electron chi connectivity index (χ3n) is 4.31. The number of carbonyl (C=O) groups is 2. The van der Waals surface area contributed by atoms with Crippen molar-refractivity contribution in [2.24, 2.45) is 5.10 Å². The van der Waals surface area contributed by atoms with Gasteiger partial charge in [0.2, 0.25) is 0 Å². The van der Waals surface area contributed by atoms with Crippen LogP contribution < -0.4 is 10.2 Å². The summed E-state index contributed by atoms with van der Waals surface area (Å²) in [6, 6.07) is 18.4. The fourth-order valence-electron chi connectivity index (χ4n) is 2.99. The van der Waals surface area contributed by atoms with Crippen molar-refractivity contribution in [1.82, 2.24) is 9.99 Å². The molecular formula is C22H21N3O4. The number of hydrazone groups is 1. The summed E-state index contributed by atoms with van der Waals surface area (Å²) in [6.07, 6.45) is 1.51. The van der Waals surface area contributed by atoms with Gasteiger partial charge in [-0.05, 0) is 61.9 Å². The second-order valence-electron chi connectivity index (χ2n) is 6.41. The fourth-order valence-corrected chi connectivity index (χ4v) is 2.99. The molecule has 0 aliphatic rings. The summed E-state index contributed by atoms with van der Waals surface area (Å²) in [6.45, 7) is 3.45. The largest absolute Gasteiger partial charge is 0.482 e. The third-order valence-corrected chi connectivity index (χ3v) is 4.31. The Morgan fingerprint density at radius 1 is 1.10 bits per heavy atom. The summed E-state index contributed by atoms with van der Waals surface area (Å²) in [4.78, 5) is 23.0. The molecule has 0 atom stereocenters. The van der Waals surface area contributed by atoms with Crippen LogP contribution in [-0.4, -0.2) is 34.4 Å². The van der Waals surface area contributed by atoms with Gasteiger partial charge in [0.05, 0.1) is 11.8 Å². The molecule has 1 amide bonds. The van der Waals surface area contributed by atoms with Crippen molar-refractivity contribution < 1.29 is 19.4 Å². The van der Waals surface area contributed by atoms with Crippen LogP contribution in [0.4, 0.5) is 0 Å². The number of aromatic nitrogens is 1. The van der Waals surface area contributed by atoms with Crippen LogP contribution in [0.5, 0.6) is 5.75 Å². The first kappa shape index (κ1) is 19.9. The Morgan fingerprint density at radius 3 is 2.45 bits per heavy atom. The molecule has 7 nitrogen and oxygen atoms in total. The van der Waals surface area contributed by atoms with Crippen molar-refractivity contribution in [2.45, 2.75) is 13.8 Å². The predicted octanol–water partition coefficient (Wildman–Crippen LogP) is 3.32. The zero-order chi connectivity index (χ0) is 20.8. The topological polar surface area (TPSA) is 92.9 Å². The summed E-state index contributed by atoms with van der Waals surface area (Å²) in [5.74, 6) is -0.884. The number of rotatable bonds is 7. The average molecular weight is 391 g/mol. The zero-order valence-electron chi connectivity index (χ0n) is 16.1. The number of ether oxygens (including phenoxy) is 1. The van der Waals surface area contributed by atoms with Gasteiger partial charge < -0.3 is 14.4 Å². The number of carbonyl (C=O) groups excluding carboxylic acids is 1. The summed E-state index contributed by atoms with van der Waals surface area (Å²) in [5.41, 5.74) is 6.63. The fraction of sp³-hybridized carbons (Fsp3) is 0.136. The Hall–Kier alpha value is -3.87. The van der Waals surface area contributed by atoms with Crippen molar-refractivity contribution >= 4 is 18.1 Å². The number of carboxylic acid groups (broad SMARTS) is 1. The van der Waals surface area contributed by atoms with Gasteiger partial charge in [0.1, 0.15) is 5.75 Å². The minimum Gasteiger partial charge on any atom is -0.482 e. The molecule has 0 spiro atoms. The van der Waals surface area contributed by atoms with Crippen LogP contribution in [0.15, 0.2) is 65.8 Å². The molecule has 0 radical (unpaired) electrons. The molecule has 3 aromatic rings. The highest BCUT2D eigenvalue weighted by Gasteiger charge is 2.16. The van der Waals surface area contributed by atoms with E-state index >= 15 is 0 Å². The smallest absolute Gasteiger partial charge is 0.341 e. The molecule has 0 saturated heterocycles. The molecule has 0 fully saturated rings. The molecule has 7 heteroatoms. The zero-order valence-corrected chi connectivity index (χ0v) is 16.1. The maximum absolute atomic E-state index is 12.5. The molecule has 0 unspecified atom stereocenters. The number of carboxylic acids is 1. The molecule has 1 aromatic heterocycles. The lowest BCUT2D eigenvalue weighted by Gasteiger charge is -2.09. The van der Waals surface area contributed by atoms with Crippen molar-refractivity contribution in [3.63, 3.8) is 0 Å². The minimum absolute atomic E-state index is 0.294. The van der Waals surface area contributed by atoms with E-state index in [1.807, 2.05) is 54.8 Å². The van der Waals surface area contributed by atoms with Gasteiger partial charge in [0.15, 0.2) is 6.61 Å². The summed E-state index contributed by atoms with van der Waals surface area (Å²) in [5, 5.41) is 12.6. The molecule has 0 aliphatic carbocycles. The van der Waals surface area contributed by atoms with Crippen molar-refractivity contribution in [3.05, 3.63) is 83.2 Å². The second-order valence-corrected chi connectivity index (χ2v) is 6.41. The van der Waals surface area contributed by atoms with E-state index in [2.05, 4.69) is 10.5 Å². The molecule has 1 heterocycles. The lowest BCUT2D eigenvalue weighted by atomic mass is 10.2. The monoisotopic (exact) mass is 391 g/mol. The van der Waals surface area contributed by atoms with Gasteiger partial charge in [-0.2, -0.15) is 5.10 Å². The number of nitrogens with one attached hydrogen (secondary N) is 1. The lowest BCUT2D eigenvalue weighted by molar-refractivity contribution is -0.139. The molecule has 0 bridgehead atoms. The Labute approximate surface area is 168 Å². The molecule has 0 aliphatic heterocycles. The van der Waals surface area contributed by atoms with Gasteiger partial charge in [-0.25, -0.2) is 10.2 Å². The molecule has 0 saturated carbocycles. The van der Waals surface area contributed by atoms with Gasteiger partial charge in [-0.3, -0.25) is 4.79 Å². The van der Waals surface area contributed by atoms with Gasteiger partial charge in [0, 0.05) is 17.1 Å². The van der Waals surface area contributed by atoms with Crippen LogP contribution in [0.2, 0.25) is 0 Å². The van der Waals surface area contributed by atoms with Crippen LogP contribution >= 0.6 is 0 Å². The van der Waals surface area contributed by atoms with E-state index in [0.29, 0.717) is 11.3 Å². The molecule has 3 rings (SSSR count). The van der Waals surface area contributed by atoms with Gasteiger partial charge >= 0.3 is 5.97 Å². The van der Waals surface area contributed by atoms with E-state index in [1.54, 1.807) is 24.3 Å². The number of benzene rings is 2. The first-order valence-corrected chi connectivity index (χ1v) is 8.98. The van der Waals surface area contributed by atoms with E-state index in [4.69, 9.17) is 9.84 Å². The number of hydrogen-bond acceptors (Lipinski definition) is 4. The van der Waals surface area contributed by atoms with Crippen molar-refractivity contribution in [1.29, 1.82) is 0 Å². The maximum Gasteiger partial charge on any atom is 0.341 e. The Balaban J connectivity index is 1.66. The molecule has 2 N–H and O–H groups in total. The first-order valence-electron chi connectivity index (χ1n) is 8.98. The third kappa shape index (κ3) is 4.90. The molecule has 29 heavy (non-hydrogen) atoms. The van der Waals surface area contributed by atoms with Crippen LogP contribution in [0.1, 0.15) is 27.3 Å². The maximum atomic E-state index is 12.5. The number of hydrogen-bond donors (Lipinski definition) is 2. The Morgan fingerprint density at radius 2 is 1.79 bits per heavy atom. The highest BCUT2D eigenvalue weighted by atomic mass is 16.5. The van der Waals surface area contributed by atoms with E-state index in [1.165, 1.54) is 6.21 Å². The number of para-hydroxylation sites is 1. The first-order chi connectivity index (χ1) is 14.0. The average Bonchev–Trinajstić information content (AvgIpc) is 3.02. The van der Waals surface area contributed by atoms with Crippen LogP contribution in [0.25, 0.3) is 5.69 Å². The van der Waals surface area contributed by atoms with E-state index < -0.39 is 12.6 Å². The Bertz CT molecular complexity index is 1040. The minimum atomic E-state index is -1.04. The van der Waals surface area contributed by atoms with Gasteiger partial charge in [-0.1, -0.05) is 18.2 Å². The highest BCUT2D eigenvalue weighted by molar-refractivity contribution is 5.96. The number of nitrogens with zero attached hydrogens (tertiary/aromatic N) is 2. The van der Waals surface area contributed by atoms with E-state index in [0.717, 1.165) is 22.6 Å². The normalized spacial score (nSPS) is 10.8. The quantitative estimate of drug-likeness (QED) is 0.477. The van der Waals surface area contributed by atoms with Crippen LogP contribution in [0, 0.1) is 13.8 Å². The van der Waals surface area contributed by atoms with Gasteiger partial charge in [-0.15, -0.1) is 0 Å². The SMILES string of the molecule is Cc1cc(C(=O)N/N=C/c2ccc(OCC(=O)O)cc2)c(C)n1-c1ccccc1. The number of amides is 1. The van der Waals surface area contributed by atoms with Crippen molar-refractivity contribution in [2.75, 3.05) is 6.61 Å². The van der Waals surface area contributed by atoms with Crippen LogP contribution in [-0.2, 0) is 4.79 Å². The molecular weight excluding hydrogens is 370 g/mol. The second kappa shape index (κ2) is 8.88. The highest BCUT2D eigenvalue weighted by Crippen LogP contribution is 2.20. The van der Waals surface area contributed by atoms with E-state index in [-0.39, 0.29) is 5.91 Å². The lowest BCUT2D eigenvalue weighted by Crippen LogP contribution is -2.18. The van der Waals surface area contributed by atoms with E-state index in [9.17, 15) is 9.59 Å². The van der Waals surface area contributed by atoms with Crippen LogP contribution in [0.3, 0.4) is 0 Å². The summed E-state index contributed by atoms with van der Waals surface area (Å²) < 4.78 is 7.09. The number of aliphatic carboxylic acids is 1. The number of aryl methyl sites for hydroxylation is 1. The van der Waals surface area contributed by atoms with Crippen molar-refractivity contribution in [3.8, 4) is 11.4 Å². The summed E-state index contributed by atoms with van der Waals surface area (Å²) in [7, 11) is 0.